The second-order valence-electron chi connectivity index (χ2n) is 2.32. The third-order valence-electron chi connectivity index (χ3n) is 1.20. The summed E-state index contributed by atoms with van der Waals surface area (Å²) in [5.74, 6) is -1.42. The van der Waals surface area contributed by atoms with Crippen molar-refractivity contribution >= 4 is 37.2 Å². The van der Waals surface area contributed by atoms with Gasteiger partial charge >= 0.3 is 11.9 Å². The molecule has 0 aromatic rings. The summed E-state index contributed by atoms with van der Waals surface area (Å²) in [7, 11) is 0. The number of ether oxygens (including phenoxy) is 1. The Morgan fingerprint density at radius 2 is 1.38 bits per heavy atom. The quantitative estimate of drug-likeness (QED) is 0.267. The molecule has 13 heavy (non-hydrogen) atoms. The molecule has 5 nitrogen and oxygen atoms in total. The molecule has 76 valence electrons. The summed E-state index contributed by atoms with van der Waals surface area (Å²) in [6, 6.07) is -1.81. The SMILES string of the molecule is NC(CS)C(=O)OC(=O)C(N)CS. The first-order valence-electron chi connectivity index (χ1n) is 3.51. The molecule has 0 saturated heterocycles. The van der Waals surface area contributed by atoms with Crippen molar-refractivity contribution in [1.82, 2.24) is 0 Å². The number of nitrogens with two attached hydrogens (primary N) is 2. The van der Waals surface area contributed by atoms with Crippen LogP contribution in [-0.4, -0.2) is 35.5 Å². The summed E-state index contributed by atoms with van der Waals surface area (Å²) in [4.78, 5) is 21.8. The molecule has 2 unspecified atom stereocenters. The fourth-order valence-corrected chi connectivity index (χ4v) is 0.698. The Balaban J connectivity index is 3.99. The number of carbonyl (C=O) groups is 2. The van der Waals surface area contributed by atoms with Crippen LogP contribution in [0.15, 0.2) is 0 Å². The second kappa shape index (κ2) is 6.25. The minimum absolute atomic E-state index is 0.113. The zero-order valence-corrected chi connectivity index (χ0v) is 8.63. The van der Waals surface area contributed by atoms with Crippen molar-refractivity contribution in [3.05, 3.63) is 0 Å². The summed E-state index contributed by atoms with van der Waals surface area (Å²) in [6.45, 7) is 0. The first-order valence-corrected chi connectivity index (χ1v) is 4.77. The Morgan fingerprint density at radius 1 is 1.08 bits per heavy atom. The molecule has 0 heterocycles. The summed E-state index contributed by atoms with van der Waals surface area (Å²) in [5.41, 5.74) is 10.5. The number of thiol groups is 2. The number of esters is 2. The highest BCUT2D eigenvalue weighted by molar-refractivity contribution is 7.80. The highest BCUT2D eigenvalue weighted by Crippen LogP contribution is 1.93. The van der Waals surface area contributed by atoms with E-state index in [0.717, 1.165) is 0 Å². The van der Waals surface area contributed by atoms with Gasteiger partial charge in [0, 0.05) is 11.5 Å². The normalized spacial score (nSPS) is 14.8. The number of hydrogen-bond donors (Lipinski definition) is 4. The average molecular weight is 224 g/mol. The molecule has 7 heteroatoms. The van der Waals surface area contributed by atoms with E-state index in [9.17, 15) is 9.59 Å². The Bertz CT molecular complexity index is 180. The molecule has 0 saturated carbocycles. The summed E-state index contributed by atoms with van der Waals surface area (Å²) in [5, 5.41) is 0. The lowest BCUT2D eigenvalue weighted by Gasteiger charge is -2.09. The largest absolute Gasteiger partial charge is 0.391 e. The van der Waals surface area contributed by atoms with Crippen molar-refractivity contribution in [2.45, 2.75) is 12.1 Å². The van der Waals surface area contributed by atoms with Gasteiger partial charge in [-0.25, -0.2) is 9.59 Å². The van der Waals surface area contributed by atoms with Gasteiger partial charge in [0.2, 0.25) is 0 Å². The van der Waals surface area contributed by atoms with Gasteiger partial charge in [0.15, 0.2) is 0 Å². The van der Waals surface area contributed by atoms with Crippen LogP contribution in [-0.2, 0) is 14.3 Å². The van der Waals surface area contributed by atoms with E-state index in [4.69, 9.17) is 11.5 Å². The average Bonchev–Trinajstić information content (AvgIpc) is 2.14. The van der Waals surface area contributed by atoms with E-state index in [1.54, 1.807) is 0 Å². The molecule has 4 N–H and O–H groups in total. The van der Waals surface area contributed by atoms with E-state index in [2.05, 4.69) is 30.0 Å². The van der Waals surface area contributed by atoms with E-state index in [0.29, 0.717) is 0 Å². The molecule has 0 aromatic heterocycles. The molecule has 0 aliphatic heterocycles. The van der Waals surface area contributed by atoms with E-state index in [1.807, 2.05) is 0 Å². The van der Waals surface area contributed by atoms with Crippen LogP contribution in [0.1, 0.15) is 0 Å². The summed E-state index contributed by atoms with van der Waals surface area (Å²) >= 11 is 7.54. The third kappa shape index (κ3) is 4.51. The molecular weight excluding hydrogens is 212 g/mol. The van der Waals surface area contributed by atoms with Gasteiger partial charge in [0.25, 0.3) is 0 Å². The van der Waals surface area contributed by atoms with Crippen LogP contribution < -0.4 is 11.5 Å². The monoisotopic (exact) mass is 224 g/mol. The first kappa shape index (κ1) is 12.8. The van der Waals surface area contributed by atoms with Gasteiger partial charge in [0.1, 0.15) is 12.1 Å². The van der Waals surface area contributed by atoms with E-state index in [1.165, 1.54) is 0 Å². The predicted molar refractivity (Wildman–Crippen MR) is 54.8 cm³/mol. The molecule has 0 aliphatic carbocycles. The lowest BCUT2D eigenvalue weighted by Crippen LogP contribution is -2.41. The smallest absolute Gasteiger partial charge is 0.331 e. The molecule has 0 rings (SSSR count). The van der Waals surface area contributed by atoms with Crippen LogP contribution in [0, 0.1) is 0 Å². The molecule has 0 spiro atoms. The minimum Gasteiger partial charge on any atom is -0.391 e. The highest BCUT2D eigenvalue weighted by atomic mass is 32.1. The first-order chi connectivity index (χ1) is 6.02. The Morgan fingerprint density at radius 3 is 1.62 bits per heavy atom. The maximum atomic E-state index is 10.9. The van der Waals surface area contributed by atoms with Crippen LogP contribution in [0.2, 0.25) is 0 Å². The minimum atomic E-state index is -0.903. The molecular formula is C6H12N2O3S2. The standard InChI is InChI=1S/C6H12N2O3S2/c7-3(1-12)5(9)11-6(10)4(8)2-13/h3-4,12-13H,1-2,7-8H2. The van der Waals surface area contributed by atoms with Crippen LogP contribution in [0.25, 0.3) is 0 Å². The lowest BCUT2D eigenvalue weighted by molar-refractivity contribution is -0.160. The van der Waals surface area contributed by atoms with Gasteiger partial charge in [-0.3, -0.25) is 0 Å². The molecule has 2 atom stereocenters. The summed E-state index contributed by atoms with van der Waals surface area (Å²) < 4.78 is 4.33. The maximum absolute atomic E-state index is 10.9. The van der Waals surface area contributed by atoms with Crippen LogP contribution >= 0.6 is 25.3 Å². The van der Waals surface area contributed by atoms with Gasteiger partial charge in [0.05, 0.1) is 0 Å². The van der Waals surface area contributed by atoms with Gasteiger partial charge in [-0.15, -0.1) is 0 Å². The van der Waals surface area contributed by atoms with E-state index in [-0.39, 0.29) is 11.5 Å². The number of hydrogen-bond acceptors (Lipinski definition) is 7. The van der Waals surface area contributed by atoms with Crippen LogP contribution in [0.4, 0.5) is 0 Å². The van der Waals surface area contributed by atoms with Crippen molar-refractivity contribution in [2.24, 2.45) is 11.5 Å². The van der Waals surface area contributed by atoms with Crippen LogP contribution in [0.3, 0.4) is 0 Å². The van der Waals surface area contributed by atoms with E-state index >= 15 is 0 Å². The number of carbonyl (C=O) groups excluding carboxylic acids is 2. The fourth-order valence-electron chi connectivity index (χ4n) is 0.400. The maximum Gasteiger partial charge on any atom is 0.331 e. The molecule has 0 fully saturated rings. The second-order valence-corrected chi connectivity index (χ2v) is 3.05. The van der Waals surface area contributed by atoms with Crippen molar-refractivity contribution in [2.75, 3.05) is 11.5 Å². The Hall–Kier alpha value is -0.240. The fraction of sp³-hybridized carbons (Fsp3) is 0.667. The molecule has 0 aromatic carbocycles. The van der Waals surface area contributed by atoms with Crippen molar-refractivity contribution in [3.63, 3.8) is 0 Å². The van der Waals surface area contributed by atoms with Crippen molar-refractivity contribution in [3.8, 4) is 0 Å². The molecule has 0 bridgehead atoms. The van der Waals surface area contributed by atoms with E-state index < -0.39 is 24.0 Å². The van der Waals surface area contributed by atoms with Gasteiger partial charge in [-0.1, -0.05) is 0 Å². The zero-order valence-electron chi connectivity index (χ0n) is 6.84. The summed E-state index contributed by atoms with van der Waals surface area (Å²) in [6.07, 6.45) is 0. The number of rotatable bonds is 4. The zero-order chi connectivity index (χ0) is 10.4. The highest BCUT2D eigenvalue weighted by Gasteiger charge is 2.21. The van der Waals surface area contributed by atoms with Gasteiger partial charge < -0.3 is 16.2 Å². The van der Waals surface area contributed by atoms with Gasteiger partial charge in [-0.2, -0.15) is 25.3 Å². The molecule has 0 aliphatic rings. The lowest BCUT2D eigenvalue weighted by atomic mass is 10.3. The molecule has 0 amide bonds. The van der Waals surface area contributed by atoms with Crippen molar-refractivity contribution in [1.29, 1.82) is 0 Å². The Labute approximate surface area is 87.0 Å². The third-order valence-corrected chi connectivity index (χ3v) is 1.99. The topological polar surface area (TPSA) is 95.4 Å². The predicted octanol–water partition coefficient (Wildman–Crippen LogP) is -1.43. The Kier molecular flexibility index (Phi) is 6.13. The molecule has 0 radical (unpaired) electrons. The van der Waals surface area contributed by atoms with Crippen molar-refractivity contribution < 1.29 is 14.3 Å². The van der Waals surface area contributed by atoms with Crippen LogP contribution in [0.5, 0.6) is 0 Å². The van der Waals surface area contributed by atoms with Gasteiger partial charge in [-0.05, 0) is 0 Å².